The molecule has 0 heterocycles. The number of ether oxygens (including phenoxy) is 1. The van der Waals surface area contributed by atoms with Crippen LogP contribution in [0.15, 0.2) is 24.3 Å². The first-order chi connectivity index (χ1) is 6.83. The molecule has 0 saturated carbocycles. The van der Waals surface area contributed by atoms with Crippen LogP contribution in [0, 0.1) is 0 Å². The highest BCUT2D eigenvalue weighted by molar-refractivity contribution is 6.30. The largest absolute Gasteiger partial charge is 0.494 e. The van der Waals surface area contributed by atoms with Crippen LogP contribution in [0.25, 0.3) is 0 Å². The van der Waals surface area contributed by atoms with E-state index in [9.17, 15) is 0 Å². The van der Waals surface area contributed by atoms with Crippen LogP contribution in [0.5, 0.6) is 5.75 Å². The van der Waals surface area contributed by atoms with Crippen LogP contribution in [-0.4, -0.2) is 6.61 Å². The second kappa shape index (κ2) is 6.72. The maximum atomic E-state index is 5.76. The summed E-state index contributed by atoms with van der Waals surface area (Å²) < 4.78 is 5.55. The molecule has 0 unspecified atom stereocenters. The minimum Gasteiger partial charge on any atom is -0.494 e. The molecule has 0 fully saturated rings. The van der Waals surface area contributed by atoms with E-state index in [1.54, 1.807) is 0 Å². The summed E-state index contributed by atoms with van der Waals surface area (Å²) in [5, 5.41) is 0.753. The van der Waals surface area contributed by atoms with Crippen LogP contribution >= 0.6 is 11.6 Å². The fourth-order valence-electron chi connectivity index (χ4n) is 1.25. The van der Waals surface area contributed by atoms with Gasteiger partial charge in [0.25, 0.3) is 0 Å². The summed E-state index contributed by atoms with van der Waals surface area (Å²) in [5.74, 6) is 0.908. The summed E-state index contributed by atoms with van der Waals surface area (Å²) in [6.07, 6.45) is 4.95. The normalized spacial score (nSPS) is 10.1. The lowest BCUT2D eigenvalue weighted by Gasteiger charge is -2.05. The van der Waals surface area contributed by atoms with Gasteiger partial charge in [0.2, 0.25) is 0 Å². The Bertz CT molecular complexity index is 243. The van der Waals surface area contributed by atoms with Crippen LogP contribution in [0.2, 0.25) is 5.02 Å². The van der Waals surface area contributed by atoms with E-state index < -0.39 is 0 Å². The van der Waals surface area contributed by atoms with Crippen LogP contribution in [0.3, 0.4) is 0 Å². The molecule has 0 amide bonds. The van der Waals surface area contributed by atoms with Crippen molar-refractivity contribution < 1.29 is 4.74 Å². The van der Waals surface area contributed by atoms with Crippen LogP contribution < -0.4 is 4.74 Å². The summed E-state index contributed by atoms with van der Waals surface area (Å²) in [6.45, 7) is 3.02. The molecule has 14 heavy (non-hydrogen) atoms. The Morgan fingerprint density at radius 3 is 2.43 bits per heavy atom. The van der Waals surface area contributed by atoms with Gasteiger partial charge in [-0.2, -0.15) is 0 Å². The lowest BCUT2D eigenvalue weighted by atomic mass is 10.2. The van der Waals surface area contributed by atoms with E-state index in [4.69, 9.17) is 16.3 Å². The van der Waals surface area contributed by atoms with Gasteiger partial charge in [-0.15, -0.1) is 0 Å². The Kier molecular flexibility index (Phi) is 5.46. The van der Waals surface area contributed by atoms with Gasteiger partial charge < -0.3 is 4.74 Å². The molecule has 2 heteroatoms. The van der Waals surface area contributed by atoms with Gasteiger partial charge in [-0.3, -0.25) is 0 Å². The van der Waals surface area contributed by atoms with E-state index in [-0.39, 0.29) is 0 Å². The van der Waals surface area contributed by atoms with Crippen molar-refractivity contribution in [1.82, 2.24) is 0 Å². The molecule has 1 rings (SSSR count). The fraction of sp³-hybridized carbons (Fsp3) is 0.500. The topological polar surface area (TPSA) is 9.23 Å². The van der Waals surface area contributed by atoms with Gasteiger partial charge in [-0.1, -0.05) is 37.8 Å². The molecule has 0 aromatic heterocycles. The third-order valence-electron chi connectivity index (χ3n) is 2.08. The number of hydrogen-bond acceptors (Lipinski definition) is 1. The summed E-state index contributed by atoms with van der Waals surface area (Å²) in [7, 11) is 0. The molecule has 0 saturated heterocycles. The fourth-order valence-corrected chi connectivity index (χ4v) is 1.38. The summed E-state index contributed by atoms with van der Waals surface area (Å²) in [6, 6.07) is 7.51. The lowest BCUT2D eigenvalue weighted by molar-refractivity contribution is 0.305. The van der Waals surface area contributed by atoms with Gasteiger partial charge in [0.1, 0.15) is 5.75 Å². The van der Waals surface area contributed by atoms with Gasteiger partial charge >= 0.3 is 0 Å². The molecule has 0 spiro atoms. The average molecular weight is 213 g/mol. The molecule has 1 aromatic rings. The monoisotopic (exact) mass is 212 g/mol. The minimum absolute atomic E-state index is 0.753. The van der Waals surface area contributed by atoms with Crippen molar-refractivity contribution in [2.75, 3.05) is 6.61 Å². The first-order valence-electron chi connectivity index (χ1n) is 5.21. The third kappa shape index (κ3) is 4.52. The molecule has 0 bridgehead atoms. The maximum absolute atomic E-state index is 5.76. The number of halogens is 1. The van der Waals surface area contributed by atoms with E-state index in [1.165, 1.54) is 19.3 Å². The predicted molar refractivity (Wildman–Crippen MR) is 61.1 cm³/mol. The zero-order valence-corrected chi connectivity index (χ0v) is 9.39. The van der Waals surface area contributed by atoms with Crippen molar-refractivity contribution in [3.8, 4) is 5.75 Å². The molecular formula is C12H17ClO. The maximum Gasteiger partial charge on any atom is 0.119 e. The number of hydrogen-bond donors (Lipinski definition) is 0. The predicted octanol–water partition coefficient (Wildman–Crippen LogP) is 4.30. The SMILES string of the molecule is CCCCCCOc1ccc(Cl)cc1. The average Bonchev–Trinajstić information content (AvgIpc) is 2.21. The molecule has 78 valence electrons. The second-order valence-corrected chi connectivity index (χ2v) is 3.80. The smallest absolute Gasteiger partial charge is 0.119 e. The molecule has 0 aliphatic heterocycles. The molecular weight excluding hydrogens is 196 g/mol. The van der Waals surface area contributed by atoms with E-state index >= 15 is 0 Å². The molecule has 0 atom stereocenters. The first kappa shape index (κ1) is 11.4. The van der Waals surface area contributed by atoms with Crippen molar-refractivity contribution >= 4 is 11.6 Å². The minimum atomic E-state index is 0.753. The Morgan fingerprint density at radius 2 is 1.79 bits per heavy atom. The Morgan fingerprint density at radius 1 is 1.07 bits per heavy atom. The van der Waals surface area contributed by atoms with Crippen molar-refractivity contribution in [2.45, 2.75) is 32.6 Å². The van der Waals surface area contributed by atoms with Crippen LogP contribution in [-0.2, 0) is 0 Å². The van der Waals surface area contributed by atoms with Gasteiger partial charge in [-0.25, -0.2) is 0 Å². The van der Waals surface area contributed by atoms with Crippen molar-refractivity contribution in [3.63, 3.8) is 0 Å². The first-order valence-corrected chi connectivity index (χ1v) is 5.59. The van der Waals surface area contributed by atoms with E-state index in [2.05, 4.69) is 6.92 Å². The van der Waals surface area contributed by atoms with Gasteiger partial charge in [0.05, 0.1) is 6.61 Å². The van der Waals surface area contributed by atoms with Crippen LogP contribution in [0.4, 0.5) is 0 Å². The Hall–Kier alpha value is -0.690. The van der Waals surface area contributed by atoms with Gasteiger partial charge in [0.15, 0.2) is 0 Å². The molecule has 0 aliphatic carbocycles. The summed E-state index contributed by atoms with van der Waals surface area (Å²) >= 11 is 5.76. The zero-order chi connectivity index (χ0) is 10.2. The van der Waals surface area contributed by atoms with Crippen molar-refractivity contribution in [1.29, 1.82) is 0 Å². The molecule has 0 aliphatic rings. The van der Waals surface area contributed by atoms with Crippen molar-refractivity contribution in [2.24, 2.45) is 0 Å². The van der Waals surface area contributed by atoms with Crippen molar-refractivity contribution in [3.05, 3.63) is 29.3 Å². The molecule has 0 N–H and O–H groups in total. The Balaban J connectivity index is 2.15. The van der Waals surface area contributed by atoms with E-state index in [0.717, 1.165) is 23.8 Å². The lowest BCUT2D eigenvalue weighted by Crippen LogP contribution is -1.96. The van der Waals surface area contributed by atoms with Crippen LogP contribution in [0.1, 0.15) is 32.6 Å². The highest BCUT2D eigenvalue weighted by atomic mass is 35.5. The van der Waals surface area contributed by atoms with E-state index in [0.29, 0.717) is 0 Å². The zero-order valence-electron chi connectivity index (χ0n) is 8.63. The van der Waals surface area contributed by atoms with Gasteiger partial charge in [0, 0.05) is 5.02 Å². The molecule has 1 nitrogen and oxygen atoms in total. The number of benzene rings is 1. The molecule has 0 radical (unpaired) electrons. The third-order valence-corrected chi connectivity index (χ3v) is 2.33. The Labute approximate surface area is 91.0 Å². The second-order valence-electron chi connectivity index (χ2n) is 3.36. The standard InChI is InChI=1S/C12H17ClO/c1-2-3-4-5-10-14-12-8-6-11(13)7-9-12/h6-9H,2-5,10H2,1H3. The number of rotatable bonds is 6. The summed E-state index contributed by atoms with van der Waals surface area (Å²) in [4.78, 5) is 0. The summed E-state index contributed by atoms with van der Waals surface area (Å²) in [5.41, 5.74) is 0. The number of unbranched alkanes of at least 4 members (excludes halogenated alkanes) is 3. The highest BCUT2D eigenvalue weighted by Gasteiger charge is 1.93. The van der Waals surface area contributed by atoms with Gasteiger partial charge in [-0.05, 0) is 30.7 Å². The quantitative estimate of drug-likeness (QED) is 0.639. The highest BCUT2D eigenvalue weighted by Crippen LogP contribution is 2.15. The molecule has 1 aromatic carbocycles. The van der Waals surface area contributed by atoms with E-state index in [1.807, 2.05) is 24.3 Å².